The molecule has 0 bridgehead atoms. The van der Waals surface area contributed by atoms with Gasteiger partial charge in [0.2, 0.25) is 0 Å². The van der Waals surface area contributed by atoms with Gasteiger partial charge in [0.15, 0.2) is 0 Å². The molecule has 0 aromatic heterocycles. The summed E-state index contributed by atoms with van der Waals surface area (Å²) < 4.78 is 48.5. The summed E-state index contributed by atoms with van der Waals surface area (Å²) in [5, 5.41) is 0. The van der Waals surface area contributed by atoms with Crippen LogP contribution < -0.4 is 9.46 Å². The highest BCUT2D eigenvalue weighted by Gasteiger charge is 2.34. The van der Waals surface area contributed by atoms with Gasteiger partial charge >= 0.3 is 0 Å². The lowest BCUT2D eigenvalue weighted by Crippen LogP contribution is -2.33. The topological polar surface area (TPSA) is 75.7 Å². The zero-order chi connectivity index (χ0) is 24.3. The summed E-state index contributed by atoms with van der Waals surface area (Å²) in [7, 11) is -2.66. The monoisotopic (exact) mass is 482 g/mol. The van der Waals surface area contributed by atoms with Crippen molar-refractivity contribution in [2.45, 2.75) is 43.7 Å². The van der Waals surface area contributed by atoms with E-state index in [9.17, 15) is 17.6 Å². The second kappa shape index (κ2) is 9.85. The van der Waals surface area contributed by atoms with Crippen molar-refractivity contribution in [1.82, 2.24) is 4.90 Å². The van der Waals surface area contributed by atoms with E-state index in [1.165, 1.54) is 31.4 Å². The van der Waals surface area contributed by atoms with Gasteiger partial charge in [0, 0.05) is 29.4 Å². The number of carbonyl (C=O) groups is 1. The maximum atomic E-state index is 14.2. The maximum absolute atomic E-state index is 14.2. The number of nitrogens with zero attached hydrogens (tertiary/aromatic N) is 1. The zero-order valence-electron chi connectivity index (χ0n) is 19.1. The molecular weight excluding hydrogens is 455 g/mol. The molecule has 3 aromatic rings. The predicted octanol–water partition coefficient (Wildman–Crippen LogP) is 5.00. The molecule has 0 unspecified atom stereocenters. The number of ether oxygens (including phenoxy) is 1. The van der Waals surface area contributed by atoms with Gasteiger partial charge in [0.25, 0.3) is 15.9 Å². The minimum Gasteiger partial charge on any atom is -0.495 e. The van der Waals surface area contributed by atoms with E-state index >= 15 is 0 Å². The number of benzene rings is 3. The third-order valence-corrected chi connectivity index (χ3v) is 7.26. The number of methoxy groups -OCH3 is 1. The van der Waals surface area contributed by atoms with Gasteiger partial charge in [0.1, 0.15) is 16.5 Å². The van der Waals surface area contributed by atoms with Crippen LogP contribution in [0.25, 0.3) is 0 Å². The van der Waals surface area contributed by atoms with Gasteiger partial charge in [-0.1, -0.05) is 37.3 Å². The fourth-order valence-electron chi connectivity index (χ4n) is 3.77. The Labute approximate surface area is 199 Å². The molecule has 0 atom stereocenters. The van der Waals surface area contributed by atoms with E-state index in [1.807, 2.05) is 19.1 Å². The standard InChI is InChI=1S/C26H27FN2O4S/c1-3-18-8-11-21(12-9-18)28-34(31,32)25-16-19(10-15-24(25)33-2)26(30)29(22-13-14-22)17-20-6-4-5-7-23(20)27/h4-12,15-16,22,28H,3,13-14,17H2,1-2H3. The van der Waals surface area contributed by atoms with Gasteiger partial charge < -0.3 is 9.64 Å². The molecule has 1 aliphatic carbocycles. The number of amides is 1. The predicted molar refractivity (Wildman–Crippen MR) is 129 cm³/mol. The first kappa shape index (κ1) is 23.8. The lowest BCUT2D eigenvalue weighted by Gasteiger charge is -2.23. The van der Waals surface area contributed by atoms with Crippen LogP contribution in [0, 0.1) is 5.82 Å². The third-order valence-electron chi connectivity index (χ3n) is 5.86. The fourth-order valence-corrected chi connectivity index (χ4v) is 5.02. The van der Waals surface area contributed by atoms with E-state index in [0.717, 1.165) is 24.8 Å². The van der Waals surface area contributed by atoms with Crippen LogP contribution in [0.15, 0.2) is 71.6 Å². The highest BCUT2D eigenvalue weighted by atomic mass is 32.2. The minimum absolute atomic E-state index is 0.00414. The van der Waals surface area contributed by atoms with Crippen LogP contribution in [0.2, 0.25) is 0 Å². The van der Waals surface area contributed by atoms with E-state index in [2.05, 4.69) is 4.72 Å². The Morgan fingerprint density at radius 2 is 1.79 bits per heavy atom. The highest BCUT2D eigenvalue weighted by Crippen LogP contribution is 2.32. The Bertz CT molecular complexity index is 1290. The number of anilines is 1. The molecule has 1 amide bonds. The quantitative estimate of drug-likeness (QED) is 0.466. The van der Waals surface area contributed by atoms with Crippen LogP contribution in [-0.2, 0) is 23.0 Å². The lowest BCUT2D eigenvalue weighted by molar-refractivity contribution is 0.0728. The van der Waals surface area contributed by atoms with Crippen LogP contribution in [0.5, 0.6) is 5.75 Å². The molecule has 0 heterocycles. The summed E-state index contributed by atoms with van der Waals surface area (Å²) in [6.07, 6.45) is 2.50. The fraction of sp³-hybridized carbons (Fsp3) is 0.269. The van der Waals surface area contributed by atoms with Crippen LogP contribution in [0.3, 0.4) is 0 Å². The summed E-state index contributed by atoms with van der Waals surface area (Å²) >= 11 is 0. The molecule has 1 fully saturated rings. The average molecular weight is 483 g/mol. The van der Waals surface area contributed by atoms with Gasteiger partial charge in [-0.15, -0.1) is 0 Å². The first-order valence-electron chi connectivity index (χ1n) is 11.2. The van der Waals surface area contributed by atoms with E-state index in [-0.39, 0.29) is 40.5 Å². The Morgan fingerprint density at radius 1 is 1.09 bits per heavy atom. The molecule has 0 aliphatic heterocycles. The number of hydrogen-bond donors (Lipinski definition) is 1. The zero-order valence-corrected chi connectivity index (χ0v) is 19.9. The van der Waals surface area contributed by atoms with Gasteiger partial charge in [0.05, 0.1) is 7.11 Å². The molecule has 0 spiro atoms. The lowest BCUT2D eigenvalue weighted by atomic mass is 10.1. The molecule has 34 heavy (non-hydrogen) atoms. The number of aryl methyl sites for hydroxylation is 1. The Kier molecular flexibility index (Phi) is 6.88. The van der Waals surface area contributed by atoms with E-state index in [4.69, 9.17) is 4.74 Å². The number of halogens is 1. The molecule has 1 aliphatic rings. The first-order valence-corrected chi connectivity index (χ1v) is 12.6. The van der Waals surface area contributed by atoms with Crippen LogP contribution >= 0.6 is 0 Å². The van der Waals surface area contributed by atoms with Crippen LogP contribution in [-0.4, -0.2) is 32.4 Å². The summed E-state index contributed by atoms with van der Waals surface area (Å²) in [5.41, 5.74) is 2.12. The molecule has 0 radical (unpaired) electrons. The van der Waals surface area contributed by atoms with Crippen molar-refractivity contribution in [1.29, 1.82) is 0 Å². The molecule has 6 nitrogen and oxygen atoms in total. The summed E-state index contributed by atoms with van der Waals surface area (Å²) in [4.78, 5) is 14.9. The van der Waals surface area contributed by atoms with Crippen molar-refractivity contribution in [3.8, 4) is 5.75 Å². The Balaban J connectivity index is 1.64. The van der Waals surface area contributed by atoms with E-state index < -0.39 is 10.0 Å². The average Bonchev–Trinajstić information content (AvgIpc) is 3.68. The molecule has 4 rings (SSSR count). The number of nitrogens with one attached hydrogen (secondary N) is 1. The molecule has 3 aromatic carbocycles. The van der Waals surface area contributed by atoms with Crippen molar-refractivity contribution >= 4 is 21.6 Å². The molecule has 0 saturated heterocycles. The molecule has 178 valence electrons. The normalized spacial score (nSPS) is 13.4. The van der Waals surface area contributed by atoms with E-state index in [1.54, 1.807) is 35.2 Å². The molecule has 1 N–H and O–H groups in total. The third kappa shape index (κ3) is 5.22. The molecular formula is C26H27FN2O4S. The number of rotatable bonds is 9. The smallest absolute Gasteiger partial charge is 0.265 e. The number of hydrogen-bond acceptors (Lipinski definition) is 4. The highest BCUT2D eigenvalue weighted by molar-refractivity contribution is 7.92. The van der Waals surface area contributed by atoms with Gasteiger partial charge in [-0.3, -0.25) is 9.52 Å². The van der Waals surface area contributed by atoms with Crippen molar-refractivity contribution in [3.05, 3.63) is 89.2 Å². The maximum Gasteiger partial charge on any atom is 0.265 e. The SMILES string of the molecule is CCc1ccc(NS(=O)(=O)c2cc(C(=O)N(Cc3ccccc3F)C3CC3)ccc2OC)cc1. The molecule has 1 saturated carbocycles. The van der Waals surface area contributed by atoms with Crippen LogP contribution in [0.1, 0.15) is 41.3 Å². The van der Waals surface area contributed by atoms with Crippen molar-refractivity contribution < 1.29 is 22.3 Å². The van der Waals surface area contributed by atoms with Crippen molar-refractivity contribution in [2.24, 2.45) is 0 Å². The second-order valence-corrected chi connectivity index (χ2v) is 9.93. The van der Waals surface area contributed by atoms with Crippen molar-refractivity contribution in [3.63, 3.8) is 0 Å². The van der Waals surface area contributed by atoms with Crippen molar-refractivity contribution in [2.75, 3.05) is 11.8 Å². The summed E-state index contributed by atoms with van der Waals surface area (Å²) in [5.74, 6) is -0.601. The number of sulfonamides is 1. The number of carbonyl (C=O) groups excluding carboxylic acids is 1. The van der Waals surface area contributed by atoms with Crippen LogP contribution in [0.4, 0.5) is 10.1 Å². The molecule has 8 heteroatoms. The van der Waals surface area contributed by atoms with E-state index in [0.29, 0.717) is 11.3 Å². The minimum atomic E-state index is -4.03. The first-order chi connectivity index (χ1) is 16.3. The van der Waals surface area contributed by atoms with Gasteiger partial charge in [-0.25, -0.2) is 12.8 Å². The second-order valence-electron chi connectivity index (χ2n) is 8.28. The Morgan fingerprint density at radius 3 is 2.41 bits per heavy atom. The largest absolute Gasteiger partial charge is 0.495 e. The van der Waals surface area contributed by atoms with Gasteiger partial charge in [-0.2, -0.15) is 0 Å². The summed E-state index contributed by atoms with van der Waals surface area (Å²) in [6, 6.07) is 17.8. The van der Waals surface area contributed by atoms with Gasteiger partial charge in [-0.05, 0) is 61.2 Å². The summed E-state index contributed by atoms with van der Waals surface area (Å²) in [6.45, 7) is 2.13. The Hall–Kier alpha value is -3.39.